The third-order valence-electron chi connectivity index (χ3n) is 5.84. The van der Waals surface area contributed by atoms with E-state index in [-0.39, 0.29) is 16.9 Å². The van der Waals surface area contributed by atoms with Gasteiger partial charge in [0, 0.05) is 37.6 Å². The second kappa shape index (κ2) is 11.7. The van der Waals surface area contributed by atoms with Crippen molar-refractivity contribution in [2.75, 3.05) is 45.0 Å². The van der Waals surface area contributed by atoms with Gasteiger partial charge < -0.3 is 29.6 Å². The first-order valence-electron chi connectivity index (χ1n) is 12.0. The van der Waals surface area contributed by atoms with Gasteiger partial charge in [-0.1, -0.05) is 18.7 Å². The first-order chi connectivity index (χ1) is 18.7. The highest BCUT2D eigenvalue weighted by Gasteiger charge is 2.17. The topological polar surface area (TPSA) is 111 Å². The Kier molecular flexibility index (Phi) is 8.21. The number of benzene rings is 2. The molecule has 2 aromatic heterocycles. The molecule has 1 amide bonds. The van der Waals surface area contributed by atoms with Gasteiger partial charge in [0.1, 0.15) is 23.9 Å². The lowest BCUT2D eigenvalue weighted by atomic mass is 10.1. The van der Waals surface area contributed by atoms with Crippen LogP contribution in [0.5, 0.6) is 11.5 Å². The molecule has 0 unspecified atom stereocenters. The molecule has 0 aliphatic heterocycles. The number of ether oxygens (including phenoxy) is 2. The van der Waals surface area contributed by atoms with E-state index in [1.54, 1.807) is 37.5 Å². The molecule has 0 bridgehead atoms. The zero-order valence-corrected chi connectivity index (χ0v) is 22.1. The van der Waals surface area contributed by atoms with Gasteiger partial charge in [-0.25, -0.2) is 14.4 Å². The van der Waals surface area contributed by atoms with Crippen LogP contribution in [0, 0.1) is 5.82 Å². The molecule has 0 fully saturated rings. The van der Waals surface area contributed by atoms with Gasteiger partial charge in [0.25, 0.3) is 5.56 Å². The summed E-state index contributed by atoms with van der Waals surface area (Å²) in [5, 5.41) is 6.12. The molecular formula is C28H29FN6O4. The average Bonchev–Trinajstić information content (AvgIpc) is 2.91. The van der Waals surface area contributed by atoms with Crippen molar-refractivity contribution < 1.29 is 18.7 Å². The van der Waals surface area contributed by atoms with Gasteiger partial charge in [0.2, 0.25) is 11.9 Å². The van der Waals surface area contributed by atoms with E-state index >= 15 is 0 Å². The van der Waals surface area contributed by atoms with E-state index in [0.29, 0.717) is 52.7 Å². The summed E-state index contributed by atoms with van der Waals surface area (Å²) in [5.74, 6) is 0.152. The molecular weight excluding hydrogens is 503 g/mol. The fourth-order valence-corrected chi connectivity index (χ4v) is 3.86. The number of halogens is 1. The fraction of sp³-hybridized carbons (Fsp3) is 0.214. The number of carbonyl (C=O) groups excluding carboxylic acids is 1. The van der Waals surface area contributed by atoms with Crippen molar-refractivity contribution in [3.8, 4) is 22.6 Å². The Morgan fingerprint density at radius 3 is 2.69 bits per heavy atom. The van der Waals surface area contributed by atoms with Gasteiger partial charge in [-0.05, 0) is 43.9 Å². The Bertz CT molecular complexity index is 1600. The number of nitrogens with zero attached hydrogens (tertiary/aromatic N) is 4. The fourth-order valence-electron chi connectivity index (χ4n) is 3.86. The lowest BCUT2D eigenvalue weighted by Gasteiger charge is -2.18. The first-order valence-corrected chi connectivity index (χ1v) is 12.0. The average molecular weight is 533 g/mol. The number of aryl methyl sites for hydroxylation is 1. The molecule has 2 aromatic carbocycles. The molecule has 10 nitrogen and oxygen atoms in total. The number of amides is 1. The molecule has 2 heterocycles. The lowest BCUT2D eigenvalue weighted by molar-refractivity contribution is -0.111. The number of hydrogen-bond donors (Lipinski definition) is 2. The molecule has 11 heteroatoms. The summed E-state index contributed by atoms with van der Waals surface area (Å²) in [7, 11) is 6.97. The Balaban J connectivity index is 1.78. The van der Waals surface area contributed by atoms with Crippen molar-refractivity contribution in [2.45, 2.75) is 0 Å². The second-order valence-corrected chi connectivity index (χ2v) is 8.94. The van der Waals surface area contributed by atoms with Crippen molar-refractivity contribution in [1.29, 1.82) is 0 Å². The van der Waals surface area contributed by atoms with E-state index in [4.69, 9.17) is 9.47 Å². The molecule has 0 aliphatic carbocycles. The number of anilines is 3. The second-order valence-electron chi connectivity index (χ2n) is 8.94. The van der Waals surface area contributed by atoms with Gasteiger partial charge in [-0.2, -0.15) is 0 Å². The van der Waals surface area contributed by atoms with Gasteiger partial charge in [-0.3, -0.25) is 9.59 Å². The summed E-state index contributed by atoms with van der Waals surface area (Å²) in [4.78, 5) is 35.8. The minimum Gasteiger partial charge on any atom is -0.494 e. The smallest absolute Gasteiger partial charge is 0.261 e. The van der Waals surface area contributed by atoms with Crippen LogP contribution in [0.4, 0.5) is 21.7 Å². The zero-order chi connectivity index (χ0) is 28.1. The number of aromatic nitrogens is 3. The van der Waals surface area contributed by atoms with E-state index in [9.17, 15) is 14.0 Å². The third-order valence-corrected chi connectivity index (χ3v) is 5.84. The lowest BCUT2D eigenvalue weighted by Crippen LogP contribution is -2.20. The maximum absolute atomic E-state index is 14.0. The van der Waals surface area contributed by atoms with Crippen molar-refractivity contribution in [1.82, 2.24) is 19.4 Å². The van der Waals surface area contributed by atoms with Gasteiger partial charge in [-0.15, -0.1) is 0 Å². The molecule has 202 valence electrons. The quantitative estimate of drug-likeness (QED) is 0.296. The Hall–Kier alpha value is -4.77. The molecule has 4 aromatic rings. The van der Waals surface area contributed by atoms with Crippen LogP contribution in [0.25, 0.3) is 22.0 Å². The summed E-state index contributed by atoms with van der Waals surface area (Å²) in [6.45, 7) is 4.55. The van der Waals surface area contributed by atoms with E-state index in [1.165, 1.54) is 30.0 Å². The number of likely N-dealkylation sites (N-methyl/N-ethyl adjacent to an activating group) is 1. The SMILES string of the molecule is C=CC(=O)Nc1cc(Nc2ncc3c(=O)n(C)cc(-c4cccc(F)c4)c3n2)c(OC)cc1OCCN(C)C. The Labute approximate surface area is 224 Å². The van der Waals surface area contributed by atoms with E-state index in [0.717, 1.165) is 6.08 Å². The highest BCUT2D eigenvalue weighted by atomic mass is 19.1. The number of hydrogen-bond acceptors (Lipinski definition) is 8. The molecule has 0 saturated carbocycles. The minimum absolute atomic E-state index is 0.161. The number of nitrogens with one attached hydrogen (secondary N) is 2. The van der Waals surface area contributed by atoms with Crippen LogP contribution < -0.4 is 25.7 Å². The van der Waals surface area contributed by atoms with E-state index in [2.05, 4.69) is 27.2 Å². The molecule has 0 spiro atoms. The number of fused-ring (bicyclic) bond motifs is 1. The Morgan fingerprint density at radius 1 is 1.21 bits per heavy atom. The van der Waals surface area contributed by atoms with Crippen molar-refractivity contribution in [3.63, 3.8) is 0 Å². The molecule has 2 N–H and O–H groups in total. The number of carbonyl (C=O) groups is 1. The van der Waals surface area contributed by atoms with Crippen LogP contribution in [-0.4, -0.2) is 59.7 Å². The molecule has 0 radical (unpaired) electrons. The summed E-state index contributed by atoms with van der Waals surface area (Å²) in [5.41, 5.74) is 2.01. The van der Waals surface area contributed by atoms with Gasteiger partial charge >= 0.3 is 0 Å². The monoisotopic (exact) mass is 532 g/mol. The van der Waals surface area contributed by atoms with Crippen LogP contribution in [-0.2, 0) is 11.8 Å². The van der Waals surface area contributed by atoms with Crippen molar-refractivity contribution >= 4 is 34.1 Å². The number of rotatable bonds is 10. The molecule has 4 rings (SSSR count). The minimum atomic E-state index is -0.416. The zero-order valence-electron chi connectivity index (χ0n) is 22.1. The van der Waals surface area contributed by atoms with Gasteiger partial charge in [0.05, 0.1) is 29.4 Å². The summed E-state index contributed by atoms with van der Waals surface area (Å²) in [6, 6.07) is 9.33. The summed E-state index contributed by atoms with van der Waals surface area (Å²) >= 11 is 0. The normalized spacial score (nSPS) is 10.9. The van der Waals surface area contributed by atoms with E-state index < -0.39 is 11.7 Å². The van der Waals surface area contributed by atoms with Crippen molar-refractivity contribution in [3.05, 3.63) is 77.6 Å². The highest BCUT2D eigenvalue weighted by Crippen LogP contribution is 2.38. The largest absolute Gasteiger partial charge is 0.494 e. The number of pyridine rings is 1. The van der Waals surface area contributed by atoms with E-state index in [1.807, 2.05) is 19.0 Å². The summed E-state index contributed by atoms with van der Waals surface area (Å²) in [6.07, 6.45) is 4.18. The van der Waals surface area contributed by atoms with Crippen LogP contribution >= 0.6 is 0 Å². The predicted molar refractivity (Wildman–Crippen MR) is 149 cm³/mol. The predicted octanol–water partition coefficient (Wildman–Crippen LogP) is 3.95. The molecule has 0 aliphatic rings. The molecule has 39 heavy (non-hydrogen) atoms. The van der Waals surface area contributed by atoms with Gasteiger partial charge in [0.15, 0.2) is 0 Å². The summed E-state index contributed by atoms with van der Waals surface area (Å²) < 4.78 is 26.9. The van der Waals surface area contributed by atoms with Crippen LogP contribution in [0.3, 0.4) is 0 Å². The first kappa shape index (κ1) is 27.3. The number of methoxy groups -OCH3 is 1. The molecule has 0 atom stereocenters. The standard InChI is InChI=1S/C28H29FN6O4/c1-6-25(36)31-22-13-21(23(38-5)14-24(22)39-11-10-34(2)3)32-28-30-15-19-26(33-28)20(16-35(4)27(19)37)17-8-7-9-18(29)12-17/h6-9,12-16H,1,10-11H2,2-5H3,(H,31,36)(H,30,32,33). The van der Waals surface area contributed by atoms with Crippen LogP contribution in [0.2, 0.25) is 0 Å². The Morgan fingerprint density at radius 2 is 2.00 bits per heavy atom. The maximum Gasteiger partial charge on any atom is 0.261 e. The molecule has 0 saturated heterocycles. The van der Waals surface area contributed by atoms with Crippen LogP contribution in [0.15, 0.2) is 66.2 Å². The van der Waals surface area contributed by atoms with Crippen LogP contribution in [0.1, 0.15) is 0 Å². The highest BCUT2D eigenvalue weighted by molar-refractivity contribution is 6.00. The third kappa shape index (κ3) is 6.21. The maximum atomic E-state index is 14.0. The van der Waals surface area contributed by atoms with Crippen molar-refractivity contribution in [2.24, 2.45) is 7.05 Å².